The first-order valence-corrected chi connectivity index (χ1v) is 4.64. The van der Waals surface area contributed by atoms with Crippen LogP contribution in [-0.2, 0) is 0 Å². The van der Waals surface area contributed by atoms with Crippen molar-refractivity contribution in [2.75, 3.05) is 11.9 Å². The molecule has 0 aromatic heterocycles. The lowest BCUT2D eigenvalue weighted by molar-refractivity contribution is 0.804. The van der Waals surface area contributed by atoms with Gasteiger partial charge in [-0.05, 0) is 37.6 Å². The summed E-state index contributed by atoms with van der Waals surface area (Å²) in [7, 11) is 0. The second-order valence-electron chi connectivity index (χ2n) is 3.42. The molecular formula is C11H15N3. The fraction of sp³-hybridized carbons (Fsp3) is 0.364. The molecule has 0 saturated carbocycles. The highest BCUT2D eigenvalue weighted by Gasteiger charge is 2.01. The molecule has 14 heavy (non-hydrogen) atoms. The zero-order valence-electron chi connectivity index (χ0n) is 8.54. The van der Waals surface area contributed by atoms with Crippen LogP contribution in [0.2, 0.25) is 0 Å². The number of nitrogens with zero attached hydrogens (tertiary/aromatic N) is 1. The summed E-state index contributed by atoms with van der Waals surface area (Å²) in [4.78, 5) is 0. The molecule has 74 valence electrons. The Morgan fingerprint density at radius 2 is 2.29 bits per heavy atom. The zero-order valence-corrected chi connectivity index (χ0v) is 8.54. The van der Waals surface area contributed by atoms with Gasteiger partial charge in [0, 0.05) is 18.3 Å². The summed E-state index contributed by atoms with van der Waals surface area (Å²) >= 11 is 0. The van der Waals surface area contributed by atoms with Gasteiger partial charge in [-0.25, -0.2) is 0 Å². The van der Waals surface area contributed by atoms with E-state index in [1.165, 1.54) is 0 Å². The third-order valence-corrected chi connectivity index (χ3v) is 2.11. The molecule has 3 heteroatoms. The topological polar surface area (TPSA) is 61.8 Å². The van der Waals surface area contributed by atoms with Gasteiger partial charge in [-0.1, -0.05) is 0 Å². The molecular weight excluding hydrogens is 174 g/mol. The summed E-state index contributed by atoms with van der Waals surface area (Å²) in [6.45, 7) is 4.55. The molecule has 0 saturated heterocycles. The van der Waals surface area contributed by atoms with Crippen molar-refractivity contribution < 1.29 is 0 Å². The molecule has 3 N–H and O–H groups in total. The Bertz CT molecular complexity index is 352. The van der Waals surface area contributed by atoms with Crippen molar-refractivity contribution >= 4 is 5.69 Å². The number of rotatable bonds is 3. The van der Waals surface area contributed by atoms with E-state index in [4.69, 9.17) is 11.0 Å². The van der Waals surface area contributed by atoms with Gasteiger partial charge in [-0.2, -0.15) is 5.26 Å². The molecule has 0 aliphatic heterocycles. The maximum Gasteiger partial charge on any atom is 0.0994 e. The Morgan fingerprint density at radius 3 is 2.79 bits per heavy atom. The number of aryl methyl sites for hydroxylation is 1. The van der Waals surface area contributed by atoms with Crippen LogP contribution in [0.3, 0.4) is 0 Å². The SMILES string of the molecule is Cc1cc(NC(C)CN)ccc1C#N. The highest BCUT2D eigenvalue weighted by molar-refractivity contribution is 5.52. The van der Waals surface area contributed by atoms with Crippen molar-refractivity contribution in [2.45, 2.75) is 19.9 Å². The van der Waals surface area contributed by atoms with Gasteiger partial charge < -0.3 is 11.1 Å². The van der Waals surface area contributed by atoms with Crippen molar-refractivity contribution in [3.05, 3.63) is 29.3 Å². The molecule has 1 unspecified atom stereocenters. The van der Waals surface area contributed by atoms with Crippen LogP contribution in [0.15, 0.2) is 18.2 Å². The first-order chi connectivity index (χ1) is 6.67. The Hall–Kier alpha value is -1.53. The summed E-state index contributed by atoms with van der Waals surface area (Å²) in [5, 5.41) is 12.0. The lowest BCUT2D eigenvalue weighted by Crippen LogP contribution is -2.25. The molecule has 0 spiro atoms. The van der Waals surface area contributed by atoms with Gasteiger partial charge in [0.05, 0.1) is 11.6 Å². The van der Waals surface area contributed by atoms with Crippen LogP contribution >= 0.6 is 0 Å². The Labute approximate surface area is 84.5 Å². The zero-order chi connectivity index (χ0) is 10.6. The Morgan fingerprint density at radius 1 is 1.57 bits per heavy atom. The van der Waals surface area contributed by atoms with Gasteiger partial charge in [0.15, 0.2) is 0 Å². The maximum atomic E-state index is 8.75. The average molecular weight is 189 g/mol. The molecule has 0 bridgehead atoms. The Kier molecular flexibility index (Phi) is 3.49. The van der Waals surface area contributed by atoms with Gasteiger partial charge in [-0.3, -0.25) is 0 Å². The second-order valence-corrected chi connectivity index (χ2v) is 3.42. The van der Waals surface area contributed by atoms with Gasteiger partial charge in [0.2, 0.25) is 0 Å². The molecule has 1 rings (SSSR count). The van der Waals surface area contributed by atoms with E-state index >= 15 is 0 Å². The molecule has 0 aliphatic carbocycles. The third kappa shape index (κ3) is 2.48. The van der Waals surface area contributed by atoms with E-state index in [1.54, 1.807) is 0 Å². The smallest absolute Gasteiger partial charge is 0.0994 e. The molecule has 0 amide bonds. The van der Waals surface area contributed by atoms with E-state index in [0.717, 1.165) is 16.8 Å². The van der Waals surface area contributed by atoms with E-state index in [9.17, 15) is 0 Å². The van der Waals surface area contributed by atoms with Crippen molar-refractivity contribution in [1.29, 1.82) is 5.26 Å². The van der Waals surface area contributed by atoms with Crippen LogP contribution in [0.25, 0.3) is 0 Å². The summed E-state index contributed by atoms with van der Waals surface area (Å²) in [5.41, 5.74) is 8.22. The maximum absolute atomic E-state index is 8.75. The predicted molar refractivity (Wildman–Crippen MR) is 58.0 cm³/mol. The highest BCUT2D eigenvalue weighted by Crippen LogP contribution is 2.14. The van der Waals surface area contributed by atoms with E-state index in [2.05, 4.69) is 11.4 Å². The van der Waals surface area contributed by atoms with E-state index in [1.807, 2.05) is 32.0 Å². The number of nitrogens with two attached hydrogens (primary N) is 1. The number of anilines is 1. The van der Waals surface area contributed by atoms with Gasteiger partial charge in [0.1, 0.15) is 0 Å². The lowest BCUT2D eigenvalue weighted by atomic mass is 10.1. The molecule has 0 heterocycles. The fourth-order valence-corrected chi connectivity index (χ4v) is 1.22. The van der Waals surface area contributed by atoms with Crippen LogP contribution in [0, 0.1) is 18.3 Å². The summed E-state index contributed by atoms with van der Waals surface area (Å²) in [6.07, 6.45) is 0. The monoisotopic (exact) mass is 189 g/mol. The third-order valence-electron chi connectivity index (χ3n) is 2.11. The lowest BCUT2D eigenvalue weighted by Gasteiger charge is -2.13. The summed E-state index contributed by atoms with van der Waals surface area (Å²) in [6, 6.07) is 8.07. The van der Waals surface area contributed by atoms with Crippen molar-refractivity contribution in [3.63, 3.8) is 0 Å². The van der Waals surface area contributed by atoms with Crippen LogP contribution in [-0.4, -0.2) is 12.6 Å². The Balaban J connectivity index is 2.82. The van der Waals surface area contributed by atoms with Crippen molar-refractivity contribution in [2.24, 2.45) is 5.73 Å². The van der Waals surface area contributed by atoms with Crippen LogP contribution < -0.4 is 11.1 Å². The molecule has 3 nitrogen and oxygen atoms in total. The molecule has 1 aromatic rings. The van der Waals surface area contributed by atoms with Crippen molar-refractivity contribution in [3.8, 4) is 6.07 Å². The van der Waals surface area contributed by atoms with Gasteiger partial charge >= 0.3 is 0 Å². The van der Waals surface area contributed by atoms with Gasteiger partial charge in [-0.15, -0.1) is 0 Å². The molecule has 1 aromatic carbocycles. The minimum Gasteiger partial charge on any atom is -0.381 e. The highest BCUT2D eigenvalue weighted by atomic mass is 14.9. The van der Waals surface area contributed by atoms with E-state index < -0.39 is 0 Å². The molecule has 0 aliphatic rings. The quantitative estimate of drug-likeness (QED) is 0.759. The number of nitriles is 1. The van der Waals surface area contributed by atoms with Gasteiger partial charge in [0.25, 0.3) is 0 Å². The average Bonchev–Trinajstić information content (AvgIpc) is 2.18. The van der Waals surface area contributed by atoms with E-state index in [-0.39, 0.29) is 6.04 Å². The fourth-order valence-electron chi connectivity index (χ4n) is 1.22. The predicted octanol–water partition coefficient (Wildman–Crippen LogP) is 1.63. The number of hydrogen-bond donors (Lipinski definition) is 2. The minimum absolute atomic E-state index is 0.252. The van der Waals surface area contributed by atoms with Crippen LogP contribution in [0.4, 0.5) is 5.69 Å². The normalized spacial score (nSPS) is 11.9. The second kappa shape index (κ2) is 4.64. The number of nitrogens with one attached hydrogen (secondary N) is 1. The summed E-state index contributed by atoms with van der Waals surface area (Å²) in [5.74, 6) is 0. The van der Waals surface area contributed by atoms with Crippen molar-refractivity contribution in [1.82, 2.24) is 0 Å². The van der Waals surface area contributed by atoms with Crippen LogP contribution in [0.1, 0.15) is 18.1 Å². The molecule has 0 radical (unpaired) electrons. The molecule has 0 fully saturated rings. The number of hydrogen-bond acceptors (Lipinski definition) is 3. The first-order valence-electron chi connectivity index (χ1n) is 4.64. The largest absolute Gasteiger partial charge is 0.381 e. The first kappa shape index (κ1) is 10.6. The number of benzene rings is 1. The van der Waals surface area contributed by atoms with E-state index in [0.29, 0.717) is 6.54 Å². The van der Waals surface area contributed by atoms with Crippen LogP contribution in [0.5, 0.6) is 0 Å². The molecule has 1 atom stereocenters. The minimum atomic E-state index is 0.252. The summed E-state index contributed by atoms with van der Waals surface area (Å²) < 4.78 is 0. The standard InChI is InChI=1S/C11H15N3/c1-8-5-11(14-9(2)6-12)4-3-10(8)7-13/h3-5,9,14H,6,12H2,1-2H3.